The van der Waals surface area contributed by atoms with Crippen LogP contribution < -0.4 is 10.6 Å². The molecule has 2 amide bonds. The van der Waals surface area contributed by atoms with Crippen LogP contribution in [0.4, 0.5) is 4.79 Å². The van der Waals surface area contributed by atoms with Crippen molar-refractivity contribution in [1.82, 2.24) is 15.5 Å². The molecule has 0 aliphatic rings. The average Bonchev–Trinajstić information content (AvgIpc) is 2.70. The maximum absolute atomic E-state index is 12.6. The summed E-state index contributed by atoms with van der Waals surface area (Å²) in [5, 5.41) is 5.60. The van der Waals surface area contributed by atoms with Crippen molar-refractivity contribution in [2.24, 2.45) is 0 Å². The number of carbonyl (C=O) groups is 2. The number of benzene rings is 2. The molecule has 2 aromatic rings. The first-order valence-corrected chi connectivity index (χ1v) is 9.48. The van der Waals surface area contributed by atoms with Crippen molar-refractivity contribution in [2.75, 3.05) is 27.2 Å². The molecule has 2 aromatic carbocycles. The fourth-order valence-corrected chi connectivity index (χ4v) is 2.70. The van der Waals surface area contributed by atoms with Crippen LogP contribution in [0.25, 0.3) is 0 Å². The van der Waals surface area contributed by atoms with Crippen molar-refractivity contribution in [2.45, 2.75) is 25.5 Å². The second-order valence-corrected chi connectivity index (χ2v) is 6.90. The van der Waals surface area contributed by atoms with Gasteiger partial charge in [-0.2, -0.15) is 0 Å². The summed E-state index contributed by atoms with van der Waals surface area (Å²) in [7, 11) is 3.98. The molecule has 0 heterocycles. The molecule has 2 rings (SSSR count). The largest absolute Gasteiger partial charge is 0.445 e. The molecule has 28 heavy (non-hydrogen) atoms. The Morgan fingerprint density at radius 1 is 0.964 bits per heavy atom. The third kappa shape index (κ3) is 8.22. The van der Waals surface area contributed by atoms with E-state index >= 15 is 0 Å². The van der Waals surface area contributed by atoms with Gasteiger partial charge in [0.15, 0.2) is 0 Å². The third-order valence-electron chi connectivity index (χ3n) is 4.19. The Kier molecular flexibility index (Phi) is 9.01. The third-order valence-corrected chi connectivity index (χ3v) is 4.19. The van der Waals surface area contributed by atoms with E-state index in [1.165, 1.54) is 0 Å². The minimum Gasteiger partial charge on any atom is -0.445 e. The number of hydrogen-bond donors (Lipinski definition) is 2. The van der Waals surface area contributed by atoms with Gasteiger partial charge in [-0.25, -0.2) is 4.79 Å². The predicted octanol–water partition coefficient (Wildman–Crippen LogP) is 2.59. The van der Waals surface area contributed by atoms with Gasteiger partial charge < -0.3 is 20.3 Å². The highest BCUT2D eigenvalue weighted by molar-refractivity contribution is 5.85. The Morgan fingerprint density at radius 3 is 2.18 bits per heavy atom. The lowest BCUT2D eigenvalue weighted by Crippen LogP contribution is -2.48. The van der Waals surface area contributed by atoms with Crippen molar-refractivity contribution in [3.8, 4) is 0 Å². The van der Waals surface area contributed by atoms with Crippen LogP contribution in [-0.4, -0.2) is 50.1 Å². The maximum atomic E-state index is 12.6. The summed E-state index contributed by atoms with van der Waals surface area (Å²) in [5.41, 5.74) is 1.87. The summed E-state index contributed by atoms with van der Waals surface area (Å²) in [5.74, 6) is -0.209. The lowest BCUT2D eigenvalue weighted by atomic mass is 10.1. The number of rotatable bonds is 10. The van der Waals surface area contributed by atoms with Gasteiger partial charge in [-0.15, -0.1) is 0 Å². The second-order valence-electron chi connectivity index (χ2n) is 6.90. The summed E-state index contributed by atoms with van der Waals surface area (Å²) in [6.45, 7) is 1.61. The Bertz CT molecular complexity index is 720. The molecular weight excluding hydrogens is 354 g/mol. The van der Waals surface area contributed by atoms with E-state index in [4.69, 9.17) is 4.74 Å². The number of hydrogen-bond acceptors (Lipinski definition) is 4. The van der Waals surface area contributed by atoms with Gasteiger partial charge in [-0.3, -0.25) is 4.79 Å². The van der Waals surface area contributed by atoms with E-state index in [0.29, 0.717) is 13.0 Å². The zero-order valence-electron chi connectivity index (χ0n) is 16.6. The first-order valence-electron chi connectivity index (χ1n) is 9.48. The number of nitrogens with zero attached hydrogens (tertiary/aromatic N) is 1. The van der Waals surface area contributed by atoms with E-state index in [2.05, 4.69) is 15.5 Å². The molecule has 0 bridgehead atoms. The minimum atomic E-state index is -0.690. The van der Waals surface area contributed by atoms with Gasteiger partial charge in [0.05, 0.1) is 0 Å². The molecule has 0 aliphatic heterocycles. The number of ether oxygens (including phenoxy) is 1. The molecule has 0 fully saturated rings. The predicted molar refractivity (Wildman–Crippen MR) is 110 cm³/mol. The van der Waals surface area contributed by atoms with Crippen LogP contribution in [0.1, 0.15) is 17.5 Å². The van der Waals surface area contributed by atoms with Gasteiger partial charge in [-0.1, -0.05) is 60.7 Å². The molecule has 0 saturated heterocycles. The summed E-state index contributed by atoms with van der Waals surface area (Å²) < 4.78 is 5.27. The summed E-state index contributed by atoms with van der Waals surface area (Å²) in [4.78, 5) is 26.9. The van der Waals surface area contributed by atoms with Gasteiger partial charge >= 0.3 is 6.09 Å². The molecule has 1 atom stereocenters. The zero-order valence-corrected chi connectivity index (χ0v) is 16.6. The summed E-state index contributed by atoms with van der Waals surface area (Å²) in [6.07, 6.45) is 0.643. The second kappa shape index (κ2) is 11.8. The quantitative estimate of drug-likeness (QED) is 0.619. The number of carbonyl (C=O) groups excluding carboxylic acids is 2. The van der Waals surface area contributed by atoms with Crippen LogP contribution in [0.2, 0.25) is 0 Å². The van der Waals surface area contributed by atoms with E-state index in [0.717, 1.165) is 24.1 Å². The highest BCUT2D eigenvalue weighted by atomic mass is 16.5. The highest BCUT2D eigenvalue weighted by Gasteiger charge is 2.21. The van der Waals surface area contributed by atoms with Crippen LogP contribution >= 0.6 is 0 Å². The molecule has 0 aromatic heterocycles. The van der Waals surface area contributed by atoms with Crippen LogP contribution in [0, 0.1) is 0 Å². The fourth-order valence-electron chi connectivity index (χ4n) is 2.70. The first-order chi connectivity index (χ1) is 13.5. The molecule has 0 radical (unpaired) electrons. The van der Waals surface area contributed by atoms with Crippen molar-refractivity contribution in [1.29, 1.82) is 0 Å². The van der Waals surface area contributed by atoms with Crippen molar-refractivity contribution >= 4 is 12.0 Å². The molecule has 0 spiro atoms. The fraction of sp³-hybridized carbons (Fsp3) is 0.364. The molecule has 6 heteroatoms. The molecular formula is C22H29N3O3. The Hall–Kier alpha value is -2.86. The first kappa shape index (κ1) is 21.4. The standard InChI is InChI=1S/C22H29N3O3/c1-25(2)15-9-14-23-21(26)20(16-18-10-5-3-6-11-18)24-22(27)28-17-19-12-7-4-8-13-19/h3-8,10-13,20H,9,14-17H2,1-2H3,(H,23,26)(H,24,27)/t20-/m0/s1. The maximum Gasteiger partial charge on any atom is 0.408 e. The zero-order chi connectivity index (χ0) is 20.2. The smallest absolute Gasteiger partial charge is 0.408 e. The van der Waals surface area contributed by atoms with E-state index in [-0.39, 0.29) is 12.5 Å². The number of nitrogens with one attached hydrogen (secondary N) is 2. The highest BCUT2D eigenvalue weighted by Crippen LogP contribution is 2.05. The minimum absolute atomic E-state index is 0.162. The average molecular weight is 383 g/mol. The monoisotopic (exact) mass is 383 g/mol. The van der Waals surface area contributed by atoms with E-state index in [1.54, 1.807) is 0 Å². The molecule has 0 aliphatic carbocycles. The van der Waals surface area contributed by atoms with Crippen LogP contribution in [-0.2, 0) is 22.6 Å². The van der Waals surface area contributed by atoms with Gasteiger partial charge in [-0.05, 0) is 38.2 Å². The number of amides is 2. The van der Waals surface area contributed by atoms with Crippen molar-refractivity contribution in [3.05, 3.63) is 71.8 Å². The lowest BCUT2D eigenvalue weighted by Gasteiger charge is -2.19. The van der Waals surface area contributed by atoms with E-state index in [9.17, 15) is 9.59 Å². The van der Waals surface area contributed by atoms with Gasteiger partial charge in [0, 0.05) is 13.0 Å². The van der Waals surface area contributed by atoms with Gasteiger partial charge in [0.1, 0.15) is 12.6 Å². The van der Waals surface area contributed by atoms with Crippen molar-refractivity contribution < 1.29 is 14.3 Å². The topological polar surface area (TPSA) is 70.7 Å². The normalized spacial score (nSPS) is 11.7. The summed E-state index contributed by atoms with van der Waals surface area (Å²) in [6, 6.07) is 18.4. The molecule has 0 unspecified atom stereocenters. The van der Waals surface area contributed by atoms with Crippen LogP contribution in [0.15, 0.2) is 60.7 Å². The SMILES string of the molecule is CN(C)CCCNC(=O)[C@H](Cc1ccccc1)NC(=O)OCc1ccccc1. The molecule has 6 nitrogen and oxygen atoms in total. The van der Waals surface area contributed by atoms with Gasteiger partial charge in [0.2, 0.25) is 5.91 Å². The van der Waals surface area contributed by atoms with E-state index < -0.39 is 12.1 Å². The van der Waals surface area contributed by atoms with E-state index in [1.807, 2.05) is 74.8 Å². The lowest BCUT2D eigenvalue weighted by molar-refractivity contribution is -0.123. The summed E-state index contributed by atoms with van der Waals surface area (Å²) >= 11 is 0. The Balaban J connectivity index is 1.90. The van der Waals surface area contributed by atoms with Crippen LogP contribution in [0.3, 0.4) is 0 Å². The molecule has 0 saturated carbocycles. The van der Waals surface area contributed by atoms with Gasteiger partial charge in [0.25, 0.3) is 0 Å². The van der Waals surface area contributed by atoms with Crippen molar-refractivity contribution in [3.63, 3.8) is 0 Å². The molecule has 150 valence electrons. The Morgan fingerprint density at radius 2 is 1.57 bits per heavy atom. The van der Waals surface area contributed by atoms with Crippen LogP contribution in [0.5, 0.6) is 0 Å². The Labute approximate surface area is 166 Å². The number of alkyl carbamates (subject to hydrolysis) is 1. The molecule has 2 N–H and O–H groups in total.